The van der Waals surface area contributed by atoms with Gasteiger partial charge in [0, 0.05) is 18.8 Å². The smallest absolute Gasteiger partial charge is 0.163 e. The van der Waals surface area contributed by atoms with E-state index in [9.17, 15) is 5.11 Å². The number of hydrogen-bond donors (Lipinski definition) is 2. The van der Waals surface area contributed by atoms with Crippen molar-refractivity contribution in [3.05, 3.63) is 46.7 Å². The summed E-state index contributed by atoms with van der Waals surface area (Å²) in [5.41, 5.74) is 4.29. The zero-order valence-corrected chi connectivity index (χ0v) is 21.6. The lowest BCUT2D eigenvalue weighted by atomic mass is 9.89. The third-order valence-electron chi connectivity index (χ3n) is 6.65. The molecule has 1 aliphatic heterocycles. The summed E-state index contributed by atoms with van der Waals surface area (Å²) in [4.78, 5) is 9.67. The van der Waals surface area contributed by atoms with Crippen molar-refractivity contribution < 1.29 is 23.5 Å². The first-order valence-corrected chi connectivity index (χ1v) is 12.4. The highest BCUT2D eigenvalue weighted by atomic mass is 19.1. The summed E-state index contributed by atoms with van der Waals surface area (Å²) < 4.78 is 32.0. The molecule has 1 aromatic carbocycles. The van der Waals surface area contributed by atoms with Crippen molar-refractivity contribution in [3.8, 4) is 28.4 Å². The Morgan fingerprint density at radius 3 is 2.75 bits per heavy atom. The van der Waals surface area contributed by atoms with Gasteiger partial charge in [-0.05, 0) is 83.7 Å². The van der Waals surface area contributed by atoms with E-state index in [-0.39, 0.29) is 24.1 Å². The number of aromatic nitrogens is 3. The molecule has 1 saturated heterocycles. The van der Waals surface area contributed by atoms with Crippen LogP contribution in [-0.4, -0.2) is 59.2 Å². The minimum absolute atomic E-state index is 0.0815. The second-order valence-corrected chi connectivity index (χ2v) is 9.61. The van der Waals surface area contributed by atoms with Crippen molar-refractivity contribution in [2.75, 3.05) is 26.8 Å². The van der Waals surface area contributed by atoms with Gasteiger partial charge in [-0.1, -0.05) is 5.16 Å². The van der Waals surface area contributed by atoms with Gasteiger partial charge in [0.05, 0.1) is 28.6 Å². The minimum atomic E-state index is -0.682. The highest BCUT2D eigenvalue weighted by molar-refractivity contribution is 5.71. The van der Waals surface area contributed by atoms with Crippen molar-refractivity contribution in [2.45, 2.75) is 59.2 Å². The summed E-state index contributed by atoms with van der Waals surface area (Å²) in [7, 11) is 1.75. The summed E-state index contributed by atoms with van der Waals surface area (Å²) in [5, 5.41) is 17.0. The first kappa shape index (κ1) is 26.2. The average Bonchev–Trinajstić information content (AvgIpc) is 3.18. The Hall–Kier alpha value is -2.88. The molecule has 2 unspecified atom stereocenters. The van der Waals surface area contributed by atoms with E-state index in [0.717, 1.165) is 48.4 Å². The summed E-state index contributed by atoms with van der Waals surface area (Å²) in [6.45, 7) is 9.02. The number of nitrogens with one attached hydrogen (secondary N) is 1. The molecule has 0 radical (unpaired) electrons. The topological polar surface area (TPSA) is 103 Å². The third-order valence-corrected chi connectivity index (χ3v) is 6.65. The average molecular weight is 499 g/mol. The number of ether oxygens (including phenoxy) is 2. The molecule has 3 atom stereocenters. The molecular formula is C27H35FN4O4. The number of nitrogens with zero attached hydrogens (tertiary/aromatic N) is 3. The number of aliphatic hydroxyl groups is 1. The predicted molar refractivity (Wildman–Crippen MR) is 134 cm³/mol. The number of likely N-dealkylation sites (N-methyl/N-ethyl adjacent to an activating group) is 1. The van der Waals surface area contributed by atoms with E-state index < -0.39 is 11.9 Å². The normalized spacial score (nSPS) is 18.9. The van der Waals surface area contributed by atoms with Crippen LogP contribution in [0.4, 0.5) is 4.39 Å². The fraction of sp³-hybridized carbons (Fsp3) is 0.519. The quantitative estimate of drug-likeness (QED) is 0.453. The van der Waals surface area contributed by atoms with Crippen LogP contribution in [0.5, 0.6) is 5.75 Å². The van der Waals surface area contributed by atoms with E-state index in [2.05, 4.69) is 17.4 Å². The molecule has 4 rings (SSSR count). The fourth-order valence-corrected chi connectivity index (χ4v) is 4.75. The maximum atomic E-state index is 15.1. The van der Waals surface area contributed by atoms with Gasteiger partial charge in [-0.25, -0.2) is 14.4 Å². The number of benzene rings is 1. The Morgan fingerprint density at radius 2 is 2.06 bits per heavy atom. The lowest BCUT2D eigenvalue weighted by Crippen LogP contribution is -2.29. The first-order valence-electron chi connectivity index (χ1n) is 12.4. The minimum Gasteiger partial charge on any atom is -0.491 e. The molecule has 194 valence electrons. The molecule has 9 heteroatoms. The van der Waals surface area contributed by atoms with Gasteiger partial charge < -0.3 is 24.4 Å². The lowest BCUT2D eigenvalue weighted by molar-refractivity contribution is 0.00262. The van der Waals surface area contributed by atoms with Gasteiger partial charge in [-0.3, -0.25) is 0 Å². The summed E-state index contributed by atoms with van der Waals surface area (Å²) in [5.74, 6) is 1.34. The van der Waals surface area contributed by atoms with Crippen LogP contribution in [0.3, 0.4) is 0 Å². The van der Waals surface area contributed by atoms with Crippen LogP contribution in [-0.2, 0) is 11.2 Å². The fourth-order valence-electron chi connectivity index (χ4n) is 4.75. The summed E-state index contributed by atoms with van der Waals surface area (Å²) in [6.07, 6.45) is 2.18. The molecule has 36 heavy (non-hydrogen) atoms. The Morgan fingerprint density at radius 1 is 1.25 bits per heavy atom. The molecule has 3 aromatic rings. The van der Waals surface area contributed by atoms with Crippen molar-refractivity contribution in [1.29, 1.82) is 0 Å². The Kier molecular flexibility index (Phi) is 8.33. The molecule has 2 aromatic heterocycles. The number of hydrogen-bond acceptors (Lipinski definition) is 8. The van der Waals surface area contributed by atoms with Crippen LogP contribution in [0.15, 0.2) is 22.7 Å². The molecular weight excluding hydrogens is 463 g/mol. The van der Waals surface area contributed by atoms with Gasteiger partial charge in [0.25, 0.3) is 0 Å². The van der Waals surface area contributed by atoms with Crippen LogP contribution >= 0.6 is 0 Å². The van der Waals surface area contributed by atoms with E-state index in [1.54, 1.807) is 19.2 Å². The Bertz CT molecular complexity index is 1180. The van der Waals surface area contributed by atoms with Crippen molar-refractivity contribution in [3.63, 3.8) is 0 Å². The maximum Gasteiger partial charge on any atom is 0.163 e. The van der Waals surface area contributed by atoms with Gasteiger partial charge in [-0.15, -0.1) is 0 Å². The second-order valence-electron chi connectivity index (χ2n) is 9.61. The molecule has 1 fully saturated rings. The second kappa shape index (κ2) is 11.5. The third kappa shape index (κ3) is 5.91. The zero-order chi connectivity index (χ0) is 25.8. The molecule has 0 spiro atoms. The molecule has 1 aliphatic rings. The molecule has 3 heterocycles. The Balaban J connectivity index is 1.76. The SMILES string of the molecule is CNC[C@H](O)COc1ccc(F)c(-c2nc(CC3CCOC(C)C3)c(C)c(-c3c(C)noc3C)n2)c1. The van der Waals surface area contributed by atoms with Crippen molar-refractivity contribution in [1.82, 2.24) is 20.4 Å². The van der Waals surface area contributed by atoms with Crippen LogP contribution in [0.1, 0.15) is 42.5 Å². The largest absolute Gasteiger partial charge is 0.491 e. The number of aryl methyl sites for hydroxylation is 2. The molecule has 0 bridgehead atoms. The van der Waals surface area contributed by atoms with E-state index in [4.69, 9.17) is 24.0 Å². The molecule has 8 nitrogen and oxygen atoms in total. The van der Waals surface area contributed by atoms with Gasteiger partial charge in [0.15, 0.2) is 5.82 Å². The van der Waals surface area contributed by atoms with Gasteiger partial charge in [-0.2, -0.15) is 0 Å². The van der Waals surface area contributed by atoms with Gasteiger partial charge >= 0.3 is 0 Å². The maximum absolute atomic E-state index is 15.1. The van der Waals surface area contributed by atoms with E-state index in [1.165, 1.54) is 6.07 Å². The van der Waals surface area contributed by atoms with E-state index in [0.29, 0.717) is 29.7 Å². The zero-order valence-electron chi connectivity index (χ0n) is 21.6. The van der Waals surface area contributed by atoms with Crippen LogP contribution < -0.4 is 10.1 Å². The molecule has 0 aliphatic carbocycles. The number of rotatable bonds is 9. The van der Waals surface area contributed by atoms with Crippen LogP contribution in [0.2, 0.25) is 0 Å². The van der Waals surface area contributed by atoms with Crippen LogP contribution in [0, 0.1) is 32.5 Å². The first-order chi connectivity index (χ1) is 17.3. The van der Waals surface area contributed by atoms with Crippen LogP contribution in [0.25, 0.3) is 22.6 Å². The summed E-state index contributed by atoms with van der Waals surface area (Å²) in [6, 6.07) is 4.47. The molecule has 0 saturated carbocycles. The molecule has 2 N–H and O–H groups in total. The van der Waals surface area contributed by atoms with Gasteiger partial charge in [0.1, 0.15) is 30.0 Å². The van der Waals surface area contributed by atoms with Crippen molar-refractivity contribution >= 4 is 0 Å². The number of aliphatic hydroxyl groups excluding tert-OH is 1. The van der Waals surface area contributed by atoms with Crippen molar-refractivity contribution in [2.24, 2.45) is 5.92 Å². The number of halogens is 1. The Labute approximate surface area is 211 Å². The predicted octanol–water partition coefficient (Wildman–Crippen LogP) is 4.18. The monoisotopic (exact) mass is 498 g/mol. The lowest BCUT2D eigenvalue weighted by Gasteiger charge is -2.27. The van der Waals surface area contributed by atoms with E-state index >= 15 is 4.39 Å². The summed E-state index contributed by atoms with van der Waals surface area (Å²) >= 11 is 0. The highest BCUT2D eigenvalue weighted by Crippen LogP contribution is 2.34. The van der Waals surface area contributed by atoms with E-state index in [1.807, 2.05) is 20.8 Å². The molecule has 0 amide bonds. The van der Waals surface area contributed by atoms with Gasteiger partial charge in [0.2, 0.25) is 0 Å². The highest BCUT2D eigenvalue weighted by Gasteiger charge is 2.25. The standard InChI is InChI=1S/C27H35FN4O4/c1-15-10-19(8-9-34-15)11-24-16(2)26(25-17(3)32-36-18(25)4)31-27(30-24)22-12-21(6-7-23(22)28)35-14-20(33)13-29-5/h6-7,12,15,19-20,29,33H,8-11,13-14H2,1-5H3/t15?,19?,20-/m0/s1.